The van der Waals surface area contributed by atoms with E-state index in [4.69, 9.17) is 32.7 Å². The molecular formula is C21H16Cl2N2O3. The van der Waals surface area contributed by atoms with E-state index in [2.05, 4.69) is 10.2 Å². The molecule has 0 amide bonds. The van der Waals surface area contributed by atoms with Crippen molar-refractivity contribution in [2.45, 2.75) is 13.0 Å². The third kappa shape index (κ3) is 5.55. The van der Waals surface area contributed by atoms with Crippen molar-refractivity contribution in [2.75, 3.05) is 0 Å². The number of carbonyl (C=O) groups excluding carboxylic acids is 1. The van der Waals surface area contributed by atoms with Gasteiger partial charge in [0.05, 0.1) is 16.4 Å². The Hall–Kier alpha value is -2.89. The normalized spacial score (nSPS) is 12.0. The van der Waals surface area contributed by atoms with Crippen LogP contribution in [0.2, 0.25) is 10.0 Å². The summed E-state index contributed by atoms with van der Waals surface area (Å²) in [5.41, 5.74) is 1.39. The minimum Gasteiger partial charge on any atom is -0.477 e. The van der Waals surface area contributed by atoms with Gasteiger partial charge in [-0.1, -0.05) is 41.4 Å². The number of hydrogen-bond acceptors (Lipinski definition) is 5. The van der Waals surface area contributed by atoms with Gasteiger partial charge >= 0.3 is 5.97 Å². The quantitative estimate of drug-likeness (QED) is 0.253. The molecule has 1 atom stereocenters. The first-order chi connectivity index (χ1) is 13.5. The minimum absolute atomic E-state index is 0.320. The predicted molar refractivity (Wildman–Crippen MR) is 109 cm³/mol. The zero-order valence-corrected chi connectivity index (χ0v) is 16.4. The van der Waals surface area contributed by atoms with Crippen LogP contribution in [0, 0.1) is 0 Å². The van der Waals surface area contributed by atoms with E-state index < -0.39 is 12.1 Å². The highest BCUT2D eigenvalue weighted by Gasteiger charge is 2.18. The van der Waals surface area contributed by atoms with Crippen molar-refractivity contribution in [3.63, 3.8) is 0 Å². The van der Waals surface area contributed by atoms with Gasteiger partial charge in [-0.3, -0.25) is 0 Å². The van der Waals surface area contributed by atoms with E-state index >= 15 is 0 Å². The van der Waals surface area contributed by atoms with Gasteiger partial charge in [-0.25, -0.2) is 4.79 Å². The molecule has 3 rings (SSSR count). The van der Waals surface area contributed by atoms with Gasteiger partial charge < -0.3 is 9.47 Å². The zero-order valence-electron chi connectivity index (χ0n) is 14.9. The number of benzene rings is 3. The van der Waals surface area contributed by atoms with Gasteiger partial charge in [-0.2, -0.15) is 10.2 Å². The van der Waals surface area contributed by atoms with E-state index in [-0.39, 0.29) is 0 Å². The molecule has 0 radical (unpaired) electrons. The first kappa shape index (κ1) is 19.9. The van der Waals surface area contributed by atoms with E-state index in [1.807, 2.05) is 30.3 Å². The molecule has 0 aliphatic carbocycles. The van der Waals surface area contributed by atoms with Crippen molar-refractivity contribution < 1.29 is 14.3 Å². The second-order valence-corrected chi connectivity index (χ2v) is 6.63. The maximum absolute atomic E-state index is 12.2. The molecule has 0 fully saturated rings. The van der Waals surface area contributed by atoms with Crippen LogP contribution in [0.5, 0.6) is 11.5 Å². The van der Waals surface area contributed by atoms with E-state index in [1.54, 1.807) is 49.4 Å². The Morgan fingerprint density at radius 1 is 0.893 bits per heavy atom. The monoisotopic (exact) mass is 414 g/mol. The van der Waals surface area contributed by atoms with Gasteiger partial charge in [-0.15, -0.1) is 0 Å². The summed E-state index contributed by atoms with van der Waals surface area (Å²) in [7, 11) is 0. The Morgan fingerprint density at radius 3 is 2.18 bits per heavy atom. The van der Waals surface area contributed by atoms with Crippen molar-refractivity contribution in [1.29, 1.82) is 0 Å². The first-order valence-electron chi connectivity index (χ1n) is 8.41. The van der Waals surface area contributed by atoms with Gasteiger partial charge in [0.2, 0.25) is 0 Å². The van der Waals surface area contributed by atoms with E-state index in [0.29, 0.717) is 27.2 Å². The lowest BCUT2D eigenvalue weighted by Gasteiger charge is -2.15. The Labute approximate surface area is 172 Å². The number of ether oxygens (including phenoxy) is 2. The molecule has 3 aromatic carbocycles. The van der Waals surface area contributed by atoms with Crippen LogP contribution >= 0.6 is 23.2 Å². The molecule has 0 N–H and O–H groups in total. The maximum atomic E-state index is 12.2. The molecule has 142 valence electrons. The molecule has 0 bridgehead atoms. The van der Waals surface area contributed by atoms with Gasteiger partial charge in [0.15, 0.2) is 6.10 Å². The van der Waals surface area contributed by atoms with Crippen LogP contribution in [0.3, 0.4) is 0 Å². The summed E-state index contributed by atoms with van der Waals surface area (Å²) in [6.45, 7) is 1.58. The topological polar surface area (TPSA) is 60.2 Å². The van der Waals surface area contributed by atoms with Crippen molar-refractivity contribution in [2.24, 2.45) is 10.2 Å². The number of nitrogens with zero attached hydrogens (tertiary/aromatic N) is 2. The molecule has 0 saturated heterocycles. The SMILES string of the molecule is CC(Oc1ccc(Cl)cc1Cl)C(=O)Oc1ccc(N=Nc2ccccc2)cc1. The molecule has 0 heterocycles. The van der Waals surface area contributed by atoms with Crippen molar-refractivity contribution in [1.82, 2.24) is 0 Å². The molecule has 0 saturated carbocycles. The van der Waals surface area contributed by atoms with Crippen molar-refractivity contribution in [3.05, 3.63) is 82.8 Å². The second kappa shape index (κ2) is 9.35. The number of hydrogen-bond donors (Lipinski definition) is 0. The lowest BCUT2D eigenvalue weighted by Crippen LogP contribution is -2.28. The van der Waals surface area contributed by atoms with E-state index in [9.17, 15) is 4.79 Å². The van der Waals surface area contributed by atoms with Crippen LogP contribution in [-0.4, -0.2) is 12.1 Å². The standard InChI is InChI=1S/C21H16Cl2N2O3/c1-14(27-20-12-7-15(22)13-19(20)23)21(26)28-18-10-8-17(9-11-18)25-24-16-5-3-2-4-6-16/h2-14H,1H3. The van der Waals surface area contributed by atoms with Crippen molar-refractivity contribution in [3.8, 4) is 11.5 Å². The molecule has 3 aromatic rings. The van der Waals surface area contributed by atoms with Crippen LogP contribution in [0.25, 0.3) is 0 Å². The van der Waals surface area contributed by atoms with Gasteiger partial charge in [-0.05, 0) is 61.5 Å². The Bertz CT molecular complexity index is 977. The van der Waals surface area contributed by atoms with Crippen LogP contribution in [0.1, 0.15) is 6.92 Å². The van der Waals surface area contributed by atoms with Crippen LogP contribution in [-0.2, 0) is 4.79 Å². The van der Waals surface area contributed by atoms with Gasteiger partial charge in [0.1, 0.15) is 11.5 Å². The highest BCUT2D eigenvalue weighted by atomic mass is 35.5. The summed E-state index contributed by atoms with van der Waals surface area (Å²) in [5, 5.41) is 9.07. The summed E-state index contributed by atoms with van der Waals surface area (Å²) in [5.74, 6) is 0.179. The summed E-state index contributed by atoms with van der Waals surface area (Å²) in [6.07, 6.45) is -0.851. The molecular weight excluding hydrogens is 399 g/mol. The average Bonchev–Trinajstić information content (AvgIpc) is 2.70. The summed E-state index contributed by atoms with van der Waals surface area (Å²) >= 11 is 11.9. The fourth-order valence-corrected chi connectivity index (χ4v) is 2.65. The van der Waals surface area contributed by atoms with Gasteiger partial charge in [0.25, 0.3) is 0 Å². The van der Waals surface area contributed by atoms with Gasteiger partial charge in [0, 0.05) is 5.02 Å². The molecule has 0 aliphatic rings. The molecule has 0 aromatic heterocycles. The Kier molecular flexibility index (Phi) is 6.63. The lowest BCUT2D eigenvalue weighted by molar-refractivity contribution is -0.141. The van der Waals surface area contributed by atoms with Crippen LogP contribution < -0.4 is 9.47 Å². The maximum Gasteiger partial charge on any atom is 0.352 e. The highest BCUT2D eigenvalue weighted by Crippen LogP contribution is 2.28. The highest BCUT2D eigenvalue weighted by molar-refractivity contribution is 6.35. The number of esters is 1. The minimum atomic E-state index is -0.851. The van der Waals surface area contributed by atoms with Crippen LogP contribution in [0.15, 0.2) is 83.0 Å². The third-order valence-corrected chi connectivity index (χ3v) is 4.15. The van der Waals surface area contributed by atoms with E-state index in [1.165, 1.54) is 0 Å². The molecule has 5 nitrogen and oxygen atoms in total. The number of carbonyl (C=O) groups is 1. The molecule has 28 heavy (non-hydrogen) atoms. The second-order valence-electron chi connectivity index (χ2n) is 5.79. The molecule has 1 unspecified atom stereocenters. The fraction of sp³-hybridized carbons (Fsp3) is 0.0952. The number of rotatable bonds is 6. The summed E-state index contributed by atoms with van der Waals surface area (Å²) in [6, 6.07) is 20.8. The average molecular weight is 415 g/mol. The predicted octanol–water partition coefficient (Wildman–Crippen LogP) is 6.78. The lowest BCUT2D eigenvalue weighted by atomic mass is 10.3. The largest absolute Gasteiger partial charge is 0.477 e. The Balaban J connectivity index is 1.58. The fourth-order valence-electron chi connectivity index (χ4n) is 2.20. The zero-order chi connectivity index (χ0) is 19.9. The summed E-state index contributed by atoms with van der Waals surface area (Å²) in [4.78, 5) is 12.2. The molecule has 0 aliphatic heterocycles. The third-order valence-electron chi connectivity index (χ3n) is 3.62. The molecule has 7 heteroatoms. The van der Waals surface area contributed by atoms with Crippen molar-refractivity contribution >= 4 is 40.5 Å². The number of azo groups is 1. The van der Waals surface area contributed by atoms with Crippen LogP contribution in [0.4, 0.5) is 11.4 Å². The summed E-state index contributed by atoms with van der Waals surface area (Å²) < 4.78 is 10.9. The van der Waals surface area contributed by atoms with E-state index in [0.717, 1.165) is 5.69 Å². The number of halogens is 2. The molecule has 0 spiro atoms. The first-order valence-corrected chi connectivity index (χ1v) is 9.17. The smallest absolute Gasteiger partial charge is 0.352 e. The Morgan fingerprint density at radius 2 is 1.54 bits per heavy atom.